The lowest BCUT2D eigenvalue weighted by Gasteiger charge is -2.14. The molecule has 0 saturated heterocycles. The van der Waals surface area contributed by atoms with Crippen molar-refractivity contribution in [3.63, 3.8) is 0 Å². The third-order valence-corrected chi connectivity index (χ3v) is 3.03. The maximum atomic E-state index is 12.4. The number of aryl methyl sites for hydroxylation is 1. The SMILES string of the molecule is Cc1ccc2c(c1)C(=O)C(NC(=O)CC(=O)O)CCO2. The zero-order valence-corrected chi connectivity index (χ0v) is 11.0. The zero-order valence-electron chi connectivity index (χ0n) is 11.0. The van der Waals surface area contributed by atoms with Crippen molar-refractivity contribution in [1.29, 1.82) is 0 Å². The monoisotopic (exact) mass is 277 g/mol. The van der Waals surface area contributed by atoms with E-state index in [9.17, 15) is 14.4 Å². The number of Topliss-reactive ketones (excluding diaryl/α,β-unsaturated/α-hetero) is 1. The van der Waals surface area contributed by atoms with Gasteiger partial charge in [-0.05, 0) is 19.1 Å². The van der Waals surface area contributed by atoms with Gasteiger partial charge in [0.1, 0.15) is 12.2 Å². The minimum Gasteiger partial charge on any atom is -0.493 e. The maximum Gasteiger partial charge on any atom is 0.312 e. The fourth-order valence-corrected chi connectivity index (χ4v) is 2.09. The van der Waals surface area contributed by atoms with Gasteiger partial charge >= 0.3 is 5.97 Å². The minimum atomic E-state index is -1.23. The molecule has 20 heavy (non-hydrogen) atoms. The molecule has 0 aliphatic carbocycles. The summed E-state index contributed by atoms with van der Waals surface area (Å²) in [5.74, 6) is -1.65. The summed E-state index contributed by atoms with van der Waals surface area (Å²) >= 11 is 0. The molecule has 6 nitrogen and oxygen atoms in total. The van der Waals surface area contributed by atoms with Crippen LogP contribution >= 0.6 is 0 Å². The molecule has 0 fully saturated rings. The van der Waals surface area contributed by atoms with Gasteiger partial charge in [-0.15, -0.1) is 0 Å². The first kappa shape index (κ1) is 14.0. The Morgan fingerprint density at radius 1 is 1.45 bits per heavy atom. The fourth-order valence-electron chi connectivity index (χ4n) is 2.09. The quantitative estimate of drug-likeness (QED) is 0.801. The number of hydrogen-bond donors (Lipinski definition) is 2. The van der Waals surface area contributed by atoms with Gasteiger partial charge in [-0.25, -0.2) is 0 Å². The van der Waals surface area contributed by atoms with Crippen molar-refractivity contribution < 1.29 is 24.2 Å². The van der Waals surface area contributed by atoms with Crippen LogP contribution in [0.1, 0.15) is 28.8 Å². The molecule has 2 rings (SSSR count). The van der Waals surface area contributed by atoms with Crippen molar-refractivity contribution in [3.8, 4) is 5.75 Å². The van der Waals surface area contributed by atoms with Gasteiger partial charge in [0.15, 0.2) is 5.78 Å². The van der Waals surface area contributed by atoms with E-state index in [0.29, 0.717) is 24.3 Å². The number of fused-ring (bicyclic) bond motifs is 1. The second-order valence-corrected chi connectivity index (χ2v) is 4.69. The van der Waals surface area contributed by atoms with E-state index in [0.717, 1.165) is 5.56 Å². The Morgan fingerprint density at radius 3 is 2.90 bits per heavy atom. The first-order chi connectivity index (χ1) is 9.47. The summed E-state index contributed by atoms with van der Waals surface area (Å²) in [6.07, 6.45) is -0.330. The molecule has 1 aromatic carbocycles. The van der Waals surface area contributed by atoms with E-state index < -0.39 is 24.3 Å². The first-order valence-corrected chi connectivity index (χ1v) is 6.26. The highest BCUT2D eigenvalue weighted by Gasteiger charge is 2.28. The van der Waals surface area contributed by atoms with Crippen molar-refractivity contribution in [2.75, 3.05) is 6.61 Å². The van der Waals surface area contributed by atoms with E-state index in [4.69, 9.17) is 9.84 Å². The number of carboxylic acid groups (broad SMARTS) is 1. The van der Waals surface area contributed by atoms with E-state index in [2.05, 4.69) is 5.32 Å². The van der Waals surface area contributed by atoms with Crippen LogP contribution in [-0.4, -0.2) is 35.4 Å². The van der Waals surface area contributed by atoms with Crippen molar-refractivity contribution in [2.24, 2.45) is 0 Å². The molecule has 1 aliphatic rings. The molecular weight excluding hydrogens is 262 g/mol. The molecule has 2 N–H and O–H groups in total. The highest BCUT2D eigenvalue weighted by molar-refractivity contribution is 6.05. The topological polar surface area (TPSA) is 92.7 Å². The zero-order chi connectivity index (χ0) is 14.7. The lowest BCUT2D eigenvalue weighted by atomic mass is 10.0. The van der Waals surface area contributed by atoms with Gasteiger partial charge in [0.05, 0.1) is 18.2 Å². The summed E-state index contributed by atoms with van der Waals surface area (Å²) in [6.45, 7) is 2.15. The standard InChI is InChI=1S/C14H15NO5/c1-8-2-3-11-9(6-8)14(19)10(4-5-20-11)15-12(16)7-13(17)18/h2-3,6,10H,4-5,7H2,1H3,(H,15,16)(H,17,18). The molecule has 0 bridgehead atoms. The second kappa shape index (κ2) is 5.73. The highest BCUT2D eigenvalue weighted by Crippen LogP contribution is 2.25. The van der Waals surface area contributed by atoms with Crippen LogP contribution in [0, 0.1) is 6.92 Å². The molecule has 0 spiro atoms. The van der Waals surface area contributed by atoms with E-state index in [-0.39, 0.29) is 5.78 Å². The largest absolute Gasteiger partial charge is 0.493 e. The molecule has 0 aromatic heterocycles. The van der Waals surface area contributed by atoms with Crippen LogP contribution in [0.2, 0.25) is 0 Å². The van der Waals surface area contributed by atoms with Crippen LogP contribution in [0.3, 0.4) is 0 Å². The van der Waals surface area contributed by atoms with Crippen molar-refractivity contribution in [1.82, 2.24) is 5.32 Å². The lowest BCUT2D eigenvalue weighted by Crippen LogP contribution is -2.41. The van der Waals surface area contributed by atoms with E-state index in [1.54, 1.807) is 12.1 Å². The molecule has 1 aromatic rings. The molecule has 0 radical (unpaired) electrons. The number of aliphatic carboxylic acids is 1. The average molecular weight is 277 g/mol. The molecular formula is C14H15NO5. The van der Waals surface area contributed by atoms with Crippen LogP contribution in [0.4, 0.5) is 0 Å². The molecule has 1 amide bonds. The number of ketones is 1. The van der Waals surface area contributed by atoms with Gasteiger partial charge in [0, 0.05) is 6.42 Å². The Labute approximate surface area is 115 Å². The van der Waals surface area contributed by atoms with Crippen LogP contribution in [0.25, 0.3) is 0 Å². The van der Waals surface area contributed by atoms with E-state index >= 15 is 0 Å². The molecule has 1 atom stereocenters. The summed E-state index contributed by atoms with van der Waals surface area (Å²) in [7, 11) is 0. The molecule has 106 valence electrons. The Hall–Kier alpha value is -2.37. The fraction of sp³-hybridized carbons (Fsp3) is 0.357. The number of benzene rings is 1. The van der Waals surface area contributed by atoms with Gasteiger partial charge in [-0.1, -0.05) is 11.6 Å². The van der Waals surface area contributed by atoms with E-state index in [1.807, 2.05) is 13.0 Å². The Kier molecular flexibility index (Phi) is 4.02. The van der Waals surface area contributed by atoms with Crippen LogP contribution in [0.5, 0.6) is 5.75 Å². The lowest BCUT2D eigenvalue weighted by molar-refractivity contribution is -0.140. The first-order valence-electron chi connectivity index (χ1n) is 6.26. The number of carbonyl (C=O) groups excluding carboxylic acids is 2. The highest BCUT2D eigenvalue weighted by atomic mass is 16.5. The Balaban J connectivity index is 2.18. The minimum absolute atomic E-state index is 0.250. The smallest absolute Gasteiger partial charge is 0.312 e. The molecule has 0 saturated carbocycles. The van der Waals surface area contributed by atoms with E-state index in [1.165, 1.54) is 0 Å². The number of hydrogen-bond acceptors (Lipinski definition) is 4. The van der Waals surface area contributed by atoms with Crippen molar-refractivity contribution in [2.45, 2.75) is 25.8 Å². The predicted octanol–water partition coefficient (Wildman–Crippen LogP) is 0.920. The van der Waals surface area contributed by atoms with Crippen LogP contribution in [0.15, 0.2) is 18.2 Å². The number of carboxylic acids is 1. The average Bonchev–Trinajstić information content (AvgIpc) is 2.50. The Morgan fingerprint density at radius 2 is 2.20 bits per heavy atom. The number of carbonyl (C=O) groups is 3. The van der Waals surface area contributed by atoms with Crippen LogP contribution in [-0.2, 0) is 9.59 Å². The summed E-state index contributed by atoms with van der Waals surface area (Å²) in [5.41, 5.74) is 1.33. The van der Waals surface area contributed by atoms with Crippen LogP contribution < -0.4 is 10.1 Å². The second-order valence-electron chi connectivity index (χ2n) is 4.69. The van der Waals surface area contributed by atoms with Gasteiger partial charge in [-0.2, -0.15) is 0 Å². The third kappa shape index (κ3) is 3.14. The summed E-state index contributed by atoms with van der Waals surface area (Å²) < 4.78 is 5.48. The molecule has 6 heteroatoms. The van der Waals surface area contributed by atoms with Gasteiger partial charge in [-0.3, -0.25) is 14.4 Å². The van der Waals surface area contributed by atoms with Gasteiger partial charge < -0.3 is 15.2 Å². The van der Waals surface area contributed by atoms with Gasteiger partial charge in [0.25, 0.3) is 0 Å². The number of ether oxygens (including phenoxy) is 1. The summed E-state index contributed by atoms with van der Waals surface area (Å²) in [5, 5.41) is 11.0. The predicted molar refractivity (Wildman–Crippen MR) is 69.8 cm³/mol. The normalized spacial score (nSPS) is 17.6. The third-order valence-electron chi connectivity index (χ3n) is 3.03. The molecule has 1 aliphatic heterocycles. The number of nitrogens with one attached hydrogen (secondary N) is 1. The van der Waals surface area contributed by atoms with Crippen molar-refractivity contribution in [3.05, 3.63) is 29.3 Å². The Bertz CT molecular complexity index is 567. The summed E-state index contributed by atoms with van der Waals surface area (Å²) in [6, 6.07) is 4.53. The summed E-state index contributed by atoms with van der Waals surface area (Å²) in [4.78, 5) is 34.3. The molecule has 1 heterocycles. The molecule has 1 unspecified atom stereocenters. The van der Waals surface area contributed by atoms with Crippen molar-refractivity contribution >= 4 is 17.7 Å². The van der Waals surface area contributed by atoms with Gasteiger partial charge in [0.2, 0.25) is 5.91 Å². The number of amides is 1. The maximum absolute atomic E-state index is 12.4. The number of rotatable bonds is 3.